The van der Waals surface area contributed by atoms with Crippen molar-refractivity contribution in [2.75, 3.05) is 25.5 Å². The van der Waals surface area contributed by atoms with Crippen LogP contribution < -0.4 is 5.32 Å². The minimum Gasteiger partial charge on any atom is -0.453 e. The maximum absolute atomic E-state index is 11.2. The third-order valence-electron chi connectivity index (χ3n) is 2.69. The van der Waals surface area contributed by atoms with Gasteiger partial charge in [-0.2, -0.15) is 0 Å². The fourth-order valence-electron chi connectivity index (χ4n) is 1.72. The lowest BCUT2D eigenvalue weighted by Gasteiger charge is -2.38. The molecule has 1 amide bonds. The number of hydrogen-bond donors (Lipinski definition) is 1. The first-order valence-electron chi connectivity index (χ1n) is 5.40. The van der Waals surface area contributed by atoms with Crippen LogP contribution in [-0.2, 0) is 4.74 Å². The highest BCUT2D eigenvalue weighted by atomic mass is 79.9. The first kappa shape index (κ1) is 13.5. The summed E-state index contributed by atoms with van der Waals surface area (Å²) in [6.45, 7) is 0.864. The van der Waals surface area contributed by atoms with Gasteiger partial charge in [0.15, 0.2) is 0 Å². The number of ether oxygens (including phenoxy) is 1. The first-order valence-corrected chi connectivity index (χ1v) is 6.20. The Morgan fingerprint density at radius 1 is 1.68 bits per heavy atom. The smallest absolute Gasteiger partial charge is 0.409 e. The van der Waals surface area contributed by atoms with Crippen molar-refractivity contribution in [2.24, 2.45) is 0 Å². The van der Waals surface area contributed by atoms with E-state index in [-0.39, 0.29) is 17.5 Å². The number of anilines is 1. The number of aromatic nitrogens is 1. The summed E-state index contributed by atoms with van der Waals surface area (Å²) in [6, 6.07) is 1.32. The highest BCUT2D eigenvalue weighted by molar-refractivity contribution is 9.10. The summed E-state index contributed by atoms with van der Waals surface area (Å²) < 4.78 is 5.10. The molecule has 0 spiro atoms. The molecule has 1 fully saturated rings. The molecule has 1 aliphatic rings. The van der Waals surface area contributed by atoms with Crippen molar-refractivity contribution in [3.05, 3.63) is 26.9 Å². The number of amides is 1. The number of nitrogens with one attached hydrogen (secondary N) is 1. The second-order valence-electron chi connectivity index (χ2n) is 3.99. The van der Waals surface area contributed by atoms with E-state index in [0.717, 1.165) is 0 Å². The van der Waals surface area contributed by atoms with Crippen LogP contribution in [0.1, 0.15) is 0 Å². The molecular formula is C10H11BrN4O4. The number of likely N-dealkylation sites (tertiary alicyclic amines) is 1. The highest BCUT2D eigenvalue weighted by Gasteiger charge is 2.32. The number of pyridine rings is 1. The predicted octanol–water partition coefficient (Wildman–Crippen LogP) is 1.61. The SMILES string of the molecule is COC(=O)N1CC(Nc2ncc(Br)cc2[N+](=O)[O-])C1. The third-order valence-corrected chi connectivity index (χ3v) is 3.12. The second-order valence-corrected chi connectivity index (χ2v) is 4.91. The van der Waals surface area contributed by atoms with Gasteiger partial charge in [-0.3, -0.25) is 10.1 Å². The van der Waals surface area contributed by atoms with Crippen LogP contribution in [0.25, 0.3) is 0 Å². The van der Waals surface area contributed by atoms with Crippen LogP contribution in [0.3, 0.4) is 0 Å². The van der Waals surface area contributed by atoms with Crippen LogP contribution in [0.15, 0.2) is 16.7 Å². The third kappa shape index (κ3) is 2.92. The first-order chi connectivity index (χ1) is 9.01. The maximum Gasteiger partial charge on any atom is 0.409 e. The number of methoxy groups -OCH3 is 1. The van der Waals surface area contributed by atoms with E-state index >= 15 is 0 Å². The Labute approximate surface area is 117 Å². The minimum atomic E-state index is -0.503. The average Bonchev–Trinajstić information content (AvgIpc) is 2.33. The molecule has 0 bridgehead atoms. The zero-order valence-corrected chi connectivity index (χ0v) is 11.6. The molecule has 0 atom stereocenters. The van der Waals surface area contributed by atoms with Crippen molar-refractivity contribution in [3.8, 4) is 0 Å². The molecule has 8 nitrogen and oxygen atoms in total. The van der Waals surface area contributed by atoms with E-state index in [1.807, 2.05) is 0 Å². The van der Waals surface area contributed by atoms with Gasteiger partial charge in [0.05, 0.1) is 18.1 Å². The summed E-state index contributed by atoms with van der Waals surface area (Å²) in [5.41, 5.74) is -0.106. The van der Waals surface area contributed by atoms with Gasteiger partial charge in [0, 0.05) is 29.8 Å². The van der Waals surface area contributed by atoms with Gasteiger partial charge in [-0.1, -0.05) is 0 Å². The molecule has 9 heteroatoms. The van der Waals surface area contributed by atoms with Gasteiger partial charge in [0.1, 0.15) is 0 Å². The van der Waals surface area contributed by atoms with E-state index in [2.05, 4.69) is 31.0 Å². The molecule has 1 N–H and O–H groups in total. The van der Waals surface area contributed by atoms with Crippen LogP contribution in [-0.4, -0.2) is 47.1 Å². The Hall–Kier alpha value is -1.90. The molecule has 0 aliphatic carbocycles. The van der Waals surface area contributed by atoms with Gasteiger partial charge >= 0.3 is 11.8 Å². The molecule has 2 rings (SSSR count). The fraction of sp³-hybridized carbons (Fsp3) is 0.400. The molecule has 19 heavy (non-hydrogen) atoms. The molecule has 0 unspecified atom stereocenters. The maximum atomic E-state index is 11.2. The normalized spacial score (nSPS) is 14.7. The largest absolute Gasteiger partial charge is 0.453 e. The van der Waals surface area contributed by atoms with Gasteiger partial charge in [-0.05, 0) is 15.9 Å². The summed E-state index contributed by atoms with van der Waals surface area (Å²) in [5.74, 6) is 0.197. The van der Waals surface area contributed by atoms with Gasteiger partial charge in [-0.25, -0.2) is 9.78 Å². The van der Waals surface area contributed by atoms with E-state index in [4.69, 9.17) is 0 Å². The molecule has 1 saturated heterocycles. The average molecular weight is 331 g/mol. The summed E-state index contributed by atoms with van der Waals surface area (Å²) in [6.07, 6.45) is 1.07. The lowest BCUT2D eigenvalue weighted by Crippen LogP contribution is -2.57. The lowest BCUT2D eigenvalue weighted by atomic mass is 10.1. The summed E-state index contributed by atoms with van der Waals surface area (Å²) >= 11 is 3.14. The highest BCUT2D eigenvalue weighted by Crippen LogP contribution is 2.27. The Bertz CT molecular complexity index is 518. The zero-order chi connectivity index (χ0) is 14.0. The van der Waals surface area contributed by atoms with Gasteiger partial charge < -0.3 is 15.0 Å². The zero-order valence-electron chi connectivity index (χ0n) is 10.00. The summed E-state index contributed by atoms with van der Waals surface area (Å²) in [5, 5.41) is 13.8. The van der Waals surface area contributed by atoms with Crippen molar-refractivity contribution in [2.45, 2.75) is 6.04 Å². The van der Waals surface area contributed by atoms with E-state index in [0.29, 0.717) is 17.6 Å². The summed E-state index contributed by atoms with van der Waals surface area (Å²) in [4.78, 5) is 27.0. The molecule has 0 aromatic carbocycles. The van der Waals surface area contributed by atoms with E-state index in [9.17, 15) is 14.9 Å². The molecule has 2 heterocycles. The Kier molecular flexibility index (Phi) is 3.84. The molecule has 1 aliphatic heterocycles. The van der Waals surface area contributed by atoms with Gasteiger partial charge in [0.25, 0.3) is 0 Å². The van der Waals surface area contributed by atoms with Crippen LogP contribution in [0, 0.1) is 10.1 Å². The van der Waals surface area contributed by atoms with E-state index < -0.39 is 11.0 Å². The number of rotatable bonds is 3. The number of halogens is 1. The van der Waals surface area contributed by atoms with Crippen molar-refractivity contribution >= 4 is 33.5 Å². The molecule has 0 radical (unpaired) electrons. The molecule has 0 saturated carbocycles. The van der Waals surface area contributed by atoms with Gasteiger partial charge in [-0.15, -0.1) is 0 Å². The van der Waals surface area contributed by atoms with Gasteiger partial charge in [0.2, 0.25) is 5.82 Å². The van der Waals surface area contributed by atoms with Crippen molar-refractivity contribution in [1.29, 1.82) is 0 Å². The quantitative estimate of drug-likeness (QED) is 0.668. The number of nitrogens with zero attached hydrogens (tertiary/aromatic N) is 3. The monoisotopic (exact) mass is 330 g/mol. The topological polar surface area (TPSA) is 97.6 Å². The fourth-order valence-corrected chi connectivity index (χ4v) is 2.04. The molecular weight excluding hydrogens is 320 g/mol. The van der Waals surface area contributed by atoms with Crippen LogP contribution >= 0.6 is 15.9 Å². The minimum absolute atomic E-state index is 0.0634. The second kappa shape index (κ2) is 5.39. The Morgan fingerprint density at radius 2 is 2.37 bits per heavy atom. The number of carbonyl (C=O) groups is 1. The molecule has 1 aromatic heterocycles. The predicted molar refractivity (Wildman–Crippen MR) is 70.0 cm³/mol. The molecule has 102 valence electrons. The van der Waals surface area contributed by atoms with Crippen molar-refractivity contribution < 1.29 is 14.5 Å². The Balaban J connectivity index is 2.02. The standard InChI is InChI=1S/C10H11BrN4O4/c1-19-10(16)14-4-7(5-14)13-9-8(15(17)18)2-6(11)3-12-9/h2-3,7H,4-5H2,1H3,(H,12,13). The van der Waals surface area contributed by atoms with Crippen molar-refractivity contribution in [3.63, 3.8) is 0 Å². The summed E-state index contributed by atoms with van der Waals surface area (Å²) in [7, 11) is 1.31. The molecule has 1 aromatic rings. The van der Waals surface area contributed by atoms with Crippen molar-refractivity contribution in [1.82, 2.24) is 9.88 Å². The Morgan fingerprint density at radius 3 is 2.95 bits per heavy atom. The van der Waals surface area contributed by atoms with Crippen LogP contribution in [0.4, 0.5) is 16.3 Å². The van der Waals surface area contributed by atoms with Crippen LogP contribution in [0.5, 0.6) is 0 Å². The number of hydrogen-bond acceptors (Lipinski definition) is 6. The lowest BCUT2D eigenvalue weighted by molar-refractivity contribution is -0.384. The van der Waals surface area contributed by atoms with E-state index in [1.165, 1.54) is 24.3 Å². The van der Waals surface area contributed by atoms with E-state index in [1.54, 1.807) is 0 Å². The number of nitro groups is 1. The number of carbonyl (C=O) groups excluding carboxylic acids is 1. The van der Waals surface area contributed by atoms with Crippen LogP contribution in [0.2, 0.25) is 0 Å².